The Hall–Kier alpha value is 0.0969. The van der Waals surface area contributed by atoms with Crippen LogP contribution in [0.2, 0.25) is 19.6 Å². The first kappa shape index (κ1) is 10.6. The quantitative estimate of drug-likeness (QED) is 0.562. The van der Waals surface area contributed by atoms with Crippen LogP contribution in [0, 0.1) is 5.92 Å². The summed E-state index contributed by atoms with van der Waals surface area (Å²) in [5.41, 5.74) is 7.81. The molecular weight excluding hydrogens is 190 g/mol. The third kappa shape index (κ3) is 2.03. The first-order valence-corrected chi connectivity index (χ1v) is 9.38. The van der Waals surface area contributed by atoms with Crippen molar-refractivity contribution >= 4 is 8.07 Å². The maximum atomic E-state index is 3.55. The second-order valence-electron chi connectivity index (χ2n) is 5.73. The van der Waals surface area contributed by atoms with Gasteiger partial charge in [0.2, 0.25) is 0 Å². The minimum Gasteiger partial charge on any atom is -0.317 e. The number of hydrogen-bond acceptors (Lipinski definition) is 3. The highest BCUT2D eigenvalue weighted by Gasteiger charge is 2.42. The molecule has 0 aromatic carbocycles. The lowest BCUT2D eigenvalue weighted by molar-refractivity contribution is 0.434. The Balaban J connectivity index is 2.07. The largest absolute Gasteiger partial charge is 0.317 e. The zero-order valence-corrected chi connectivity index (χ0v) is 10.6. The molecule has 3 unspecified atom stereocenters. The van der Waals surface area contributed by atoms with E-state index in [0.717, 1.165) is 11.6 Å². The van der Waals surface area contributed by atoms with Crippen LogP contribution in [0.15, 0.2) is 0 Å². The molecule has 82 valence electrons. The average Bonchev–Trinajstić information content (AvgIpc) is 2.36. The molecule has 2 aliphatic heterocycles. The lowest BCUT2D eigenvalue weighted by Gasteiger charge is -2.30. The normalized spacial score (nSPS) is 39.2. The van der Waals surface area contributed by atoms with Gasteiger partial charge in [-0.2, -0.15) is 0 Å². The van der Waals surface area contributed by atoms with Crippen molar-refractivity contribution in [2.75, 3.05) is 13.1 Å². The maximum absolute atomic E-state index is 3.55. The van der Waals surface area contributed by atoms with Crippen molar-refractivity contribution in [2.24, 2.45) is 5.92 Å². The van der Waals surface area contributed by atoms with Gasteiger partial charge in [0.05, 0.1) is 8.07 Å². The Morgan fingerprint density at radius 1 is 1.00 bits per heavy atom. The van der Waals surface area contributed by atoms with Crippen molar-refractivity contribution < 1.29 is 0 Å². The monoisotopic (exact) mass is 213 g/mol. The molecule has 2 rings (SSSR count). The highest BCUT2D eigenvalue weighted by molar-refractivity contribution is 6.77. The highest BCUT2D eigenvalue weighted by Crippen LogP contribution is 2.28. The molecule has 0 aromatic heterocycles. The maximum Gasteiger partial charge on any atom is 0.0658 e. The van der Waals surface area contributed by atoms with Crippen molar-refractivity contribution in [1.29, 1.82) is 0 Å². The van der Waals surface area contributed by atoms with Gasteiger partial charge in [-0.3, -0.25) is 10.9 Å². The van der Waals surface area contributed by atoms with Crippen LogP contribution in [0.3, 0.4) is 0 Å². The predicted molar refractivity (Wildman–Crippen MR) is 62.8 cm³/mol. The number of rotatable bonds is 1. The van der Waals surface area contributed by atoms with E-state index in [1.54, 1.807) is 0 Å². The smallest absolute Gasteiger partial charge is 0.0658 e. The van der Waals surface area contributed by atoms with E-state index in [9.17, 15) is 0 Å². The minimum absolute atomic E-state index is 0.710. The van der Waals surface area contributed by atoms with Crippen molar-refractivity contribution in [2.45, 2.75) is 44.2 Å². The van der Waals surface area contributed by atoms with Crippen LogP contribution < -0.4 is 16.2 Å². The summed E-state index contributed by atoms with van der Waals surface area (Å²) in [5, 5.41) is 3.50. The summed E-state index contributed by atoms with van der Waals surface area (Å²) in [4.78, 5) is 0. The van der Waals surface area contributed by atoms with Crippen LogP contribution >= 0.6 is 0 Å². The van der Waals surface area contributed by atoms with Crippen LogP contribution in [0.25, 0.3) is 0 Å². The zero-order valence-electron chi connectivity index (χ0n) is 9.56. The molecule has 2 fully saturated rings. The van der Waals surface area contributed by atoms with Crippen LogP contribution in [0.5, 0.6) is 0 Å². The van der Waals surface area contributed by atoms with Crippen molar-refractivity contribution in [1.82, 2.24) is 16.2 Å². The number of nitrogens with one attached hydrogen (secondary N) is 3. The molecule has 0 aromatic rings. The van der Waals surface area contributed by atoms with E-state index in [-0.39, 0.29) is 0 Å². The van der Waals surface area contributed by atoms with E-state index in [2.05, 4.69) is 35.8 Å². The third-order valence-electron chi connectivity index (χ3n) is 3.59. The van der Waals surface area contributed by atoms with Gasteiger partial charge >= 0.3 is 0 Å². The Kier molecular flexibility index (Phi) is 2.97. The Bertz CT molecular complexity index is 202. The Labute approximate surface area is 88.0 Å². The molecule has 2 heterocycles. The van der Waals surface area contributed by atoms with Crippen LogP contribution in [0.1, 0.15) is 12.8 Å². The van der Waals surface area contributed by atoms with Gasteiger partial charge in [-0.25, -0.2) is 0 Å². The van der Waals surface area contributed by atoms with E-state index in [1.807, 2.05) is 0 Å². The molecule has 0 saturated carbocycles. The number of fused-ring (bicyclic) bond motifs is 1. The molecule has 0 aliphatic carbocycles. The number of hydrogen-bond donors (Lipinski definition) is 3. The summed E-state index contributed by atoms with van der Waals surface area (Å²) in [6.07, 6.45) is 2.61. The Morgan fingerprint density at radius 2 is 1.71 bits per heavy atom. The third-order valence-corrected chi connectivity index (χ3v) is 6.03. The van der Waals surface area contributed by atoms with Crippen molar-refractivity contribution in [3.63, 3.8) is 0 Å². The van der Waals surface area contributed by atoms with E-state index >= 15 is 0 Å². The van der Waals surface area contributed by atoms with Crippen LogP contribution in [0.4, 0.5) is 0 Å². The summed E-state index contributed by atoms with van der Waals surface area (Å²) in [7, 11) is -1.06. The fraction of sp³-hybridized carbons (Fsp3) is 1.00. The fourth-order valence-corrected chi connectivity index (χ4v) is 5.01. The summed E-state index contributed by atoms with van der Waals surface area (Å²) < 4.78 is 0. The minimum atomic E-state index is -1.06. The molecule has 3 nitrogen and oxygen atoms in total. The van der Waals surface area contributed by atoms with Gasteiger partial charge in [0.15, 0.2) is 0 Å². The second-order valence-corrected chi connectivity index (χ2v) is 11.1. The van der Waals surface area contributed by atoms with E-state index in [4.69, 9.17) is 0 Å². The lowest BCUT2D eigenvalue weighted by Crippen LogP contribution is -2.50. The summed E-state index contributed by atoms with van der Waals surface area (Å²) >= 11 is 0. The SMILES string of the molecule is C[Si](C)(C)C1NNC2CCNCCC21. The van der Waals surface area contributed by atoms with Gasteiger partial charge in [0.25, 0.3) is 0 Å². The number of hydrazine groups is 1. The Morgan fingerprint density at radius 3 is 2.43 bits per heavy atom. The van der Waals surface area contributed by atoms with Crippen molar-refractivity contribution in [3.8, 4) is 0 Å². The van der Waals surface area contributed by atoms with Gasteiger partial charge in [-0.1, -0.05) is 19.6 Å². The molecule has 2 aliphatic rings. The lowest BCUT2D eigenvalue weighted by atomic mass is 9.97. The van der Waals surface area contributed by atoms with Gasteiger partial charge in [-0.15, -0.1) is 0 Å². The van der Waals surface area contributed by atoms with Gasteiger partial charge < -0.3 is 5.32 Å². The van der Waals surface area contributed by atoms with Crippen LogP contribution in [-0.4, -0.2) is 32.9 Å². The van der Waals surface area contributed by atoms with Gasteiger partial charge in [0.1, 0.15) is 0 Å². The molecule has 3 atom stereocenters. The molecular formula is C10H23N3Si. The molecule has 0 spiro atoms. The standard InChI is InChI=1S/C10H23N3Si/c1-14(2,3)10-8-4-6-11-7-5-9(8)12-13-10/h8-13H,4-7H2,1-3H3. The molecule has 0 bridgehead atoms. The molecule has 14 heavy (non-hydrogen) atoms. The van der Waals surface area contributed by atoms with E-state index in [1.165, 1.54) is 25.9 Å². The molecule has 0 amide bonds. The van der Waals surface area contributed by atoms with E-state index in [0.29, 0.717) is 6.04 Å². The first-order valence-electron chi connectivity index (χ1n) is 5.81. The zero-order chi connectivity index (χ0) is 10.2. The first-order chi connectivity index (χ1) is 6.59. The molecule has 0 radical (unpaired) electrons. The molecule has 2 saturated heterocycles. The van der Waals surface area contributed by atoms with Crippen LogP contribution in [-0.2, 0) is 0 Å². The highest BCUT2D eigenvalue weighted by atomic mass is 28.3. The molecule has 3 N–H and O–H groups in total. The summed E-state index contributed by atoms with van der Waals surface area (Å²) in [6, 6.07) is 0.710. The van der Waals surface area contributed by atoms with Crippen molar-refractivity contribution in [3.05, 3.63) is 0 Å². The second kappa shape index (κ2) is 3.93. The summed E-state index contributed by atoms with van der Waals surface area (Å²) in [5.74, 6) is 0.858. The summed E-state index contributed by atoms with van der Waals surface area (Å²) in [6.45, 7) is 9.77. The van der Waals surface area contributed by atoms with Gasteiger partial charge in [0, 0.05) is 11.7 Å². The van der Waals surface area contributed by atoms with E-state index < -0.39 is 8.07 Å². The average molecular weight is 213 g/mol. The fourth-order valence-electron chi connectivity index (χ4n) is 2.81. The van der Waals surface area contributed by atoms with Gasteiger partial charge in [-0.05, 0) is 31.8 Å². The predicted octanol–water partition coefficient (Wildman–Crippen LogP) is 0.708. The molecule has 4 heteroatoms. The topological polar surface area (TPSA) is 36.1 Å².